The van der Waals surface area contributed by atoms with Crippen molar-refractivity contribution in [1.82, 2.24) is 0 Å². The fourth-order valence-electron chi connectivity index (χ4n) is 0.701. The Labute approximate surface area is 83.7 Å². The van der Waals surface area contributed by atoms with Crippen molar-refractivity contribution in [3.8, 4) is 0 Å². The number of ether oxygens (including phenoxy) is 2. The summed E-state index contributed by atoms with van der Waals surface area (Å²) >= 11 is 0. The summed E-state index contributed by atoms with van der Waals surface area (Å²) < 4.78 is 57.4. The van der Waals surface area contributed by atoms with Gasteiger partial charge in [0.15, 0.2) is 0 Å². The maximum Gasteiger partial charge on any atom is 0.452 e. The summed E-state index contributed by atoms with van der Waals surface area (Å²) in [5.41, 5.74) is 0. The minimum Gasteiger partial charge on any atom is -0.487 e. The first-order valence-electron chi connectivity index (χ1n) is 4.11. The van der Waals surface area contributed by atoms with Crippen LogP contribution in [-0.4, -0.2) is 25.4 Å². The Bertz CT molecular complexity index is 257. The van der Waals surface area contributed by atoms with E-state index in [1.54, 1.807) is 0 Å². The van der Waals surface area contributed by atoms with E-state index in [0.29, 0.717) is 0 Å². The van der Waals surface area contributed by atoms with Crippen molar-refractivity contribution in [2.45, 2.75) is 20.0 Å². The van der Waals surface area contributed by atoms with Gasteiger partial charge >= 0.3 is 12.1 Å². The number of hydrogen-bond donors (Lipinski definition) is 0. The van der Waals surface area contributed by atoms with E-state index in [4.69, 9.17) is 0 Å². The van der Waals surface area contributed by atoms with E-state index in [1.807, 2.05) is 0 Å². The third kappa shape index (κ3) is 4.18. The molecule has 0 aliphatic carbocycles. The second kappa shape index (κ2) is 5.57. The molecule has 0 saturated carbocycles. The van der Waals surface area contributed by atoms with Crippen LogP contribution in [0.2, 0.25) is 0 Å². The number of halogens is 4. The molecule has 0 radical (unpaired) electrons. The number of alkyl halides is 3. The van der Waals surface area contributed by atoms with Crippen LogP contribution in [-0.2, 0) is 14.3 Å². The van der Waals surface area contributed by atoms with Crippen LogP contribution in [0, 0.1) is 0 Å². The predicted molar refractivity (Wildman–Crippen MR) is 42.4 cm³/mol. The van der Waals surface area contributed by atoms with Crippen LogP contribution in [0.15, 0.2) is 11.6 Å². The summed E-state index contributed by atoms with van der Waals surface area (Å²) in [6.45, 7) is 1.97. The molecule has 0 saturated heterocycles. The molecular formula is C8H10F4O3. The Balaban J connectivity index is 5.00. The molecule has 0 N–H and O–H groups in total. The summed E-state index contributed by atoms with van der Waals surface area (Å²) in [4.78, 5) is 10.7. The molecule has 0 aromatic rings. The summed E-state index contributed by atoms with van der Waals surface area (Å²) in [7, 11) is 0. The summed E-state index contributed by atoms with van der Waals surface area (Å²) in [5, 5.41) is 0. The summed E-state index contributed by atoms with van der Waals surface area (Å²) in [5.74, 6) is -5.70. The molecule has 88 valence electrons. The Morgan fingerprint density at radius 3 is 1.93 bits per heavy atom. The van der Waals surface area contributed by atoms with E-state index >= 15 is 0 Å². The van der Waals surface area contributed by atoms with Gasteiger partial charge in [0.1, 0.15) is 0 Å². The van der Waals surface area contributed by atoms with Gasteiger partial charge in [0.2, 0.25) is 5.76 Å². The normalized spacial score (nSPS) is 13.2. The molecule has 0 unspecified atom stereocenters. The lowest BCUT2D eigenvalue weighted by molar-refractivity contribution is -0.148. The molecule has 0 aromatic carbocycles. The molecule has 0 heterocycles. The van der Waals surface area contributed by atoms with Crippen LogP contribution < -0.4 is 0 Å². The number of esters is 1. The van der Waals surface area contributed by atoms with Gasteiger partial charge in [0.25, 0.3) is 5.83 Å². The first kappa shape index (κ1) is 13.7. The number of hydrogen-bond acceptors (Lipinski definition) is 3. The predicted octanol–water partition coefficient (Wildman–Crippen LogP) is 2.33. The van der Waals surface area contributed by atoms with Gasteiger partial charge in [0, 0.05) is 0 Å². The van der Waals surface area contributed by atoms with Crippen molar-refractivity contribution in [2.24, 2.45) is 0 Å². The second-order valence-corrected chi connectivity index (χ2v) is 2.29. The van der Waals surface area contributed by atoms with Gasteiger partial charge in [-0.1, -0.05) is 0 Å². The van der Waals surface area contributed by atoms with Gasteiger partial charge in [-0.3, -0.25) is 0 Å². The van der Waals surface area contributed by atoms with Gasteiger partial charge in [-0.15, -0.1) is 0 Å². The van der Waals surface area contributed by atoms with Crippen molar-refractivity contribution in [3.05, 3.63) is 11.6 Å². The zero-order valence-corrected chi connectivity index (χ0v) is 8.15. The zero-order valence-electron chi connectivity index (χ0n) is 8.15. The lowest BCUT2D eigenvalue weighted by atomic mass is 10.4. The molecule has 0 aromatic heterocycles. The fourth-order valence-corrected chi connectivity index (χ4v) is 0.701. The average Bonchev–Trinajstić information content (AvgIpc) is 2.11. The Morgan fingerprint density at radius 2 is 1.60 bits per heavy atom. The highest BCUT2D eigenvalue weighted by Gasteiger charge is 2.41. The molecule has 0 aliphatic heterocycles. The van der Waals surface area contributed by atoms with Crippen molar-refractivity contribution in [1.29, 1.82) is 0 Å². The first-order chi connectivity index (χ1) is 6.84. The highest BCUT2D eigenvalue weighted by molar-refractivity contribution is 5.86. The molecule has 0 aliphatic rings. The lowest BCUT2D eigenvalue weighted by Crippen LogP contribution is -2.20. The van der Waals surface area contributed by atoms with E-state index in [1.165, 1.54) is 13.8 Å². The largest absolute Gasteiger partial charge is 0.487 e. The van der Waals surface area contributed by atoms with Crippen molar-refractivity contribution in [3.63, 3.8) is 0 Å². The van der Waals surface area contributed by atoms with Crippen LogP contribution >= 0.6 is 0 Å². The van der Waals surface area contributed by atoms with Crippen LogP contribution in [0.3, 0.4) is 0 Å². The Morgan fingerprint density at radius 1 is 1.13 bits per heavy atom. The quantitative estimate of drug-likeness (QED) is 0.322. The molecule has 0 rings (SSSR count). The van der Waals surface area contributed by atoms with Crippen molar-refractivity contribution in [2.75, 3.05) is 13.2 Å². The maximum absolute atomic E-state index is 12.9. The third-order valence-corrected chi connectivity index (χ3v) is 1.20. The zero-order chi connectivity index (χ0) is 12.1. The van der Waals surface area contributed by atoms with Crippen LogP contribution in [0.1, 0.15) is 13.8 Å². The SMILES string of the molecule is CCOC(=O)/C(F)=C(/OCC)C(F)(F)F. The van der Waals surface area contributed by atoms with Gasteiger partial charge in [-0.2, -0.15) is 17.6 Å². The van der Waals surface area contributed by atoms with Crippen molar-refractivity contribution >= 4 is 5.97 Å². The highest BCUT2D eigenvalue weighted by atomic mass is 19.4. The Hall–Kier alpha value is -1.27. The van der Waals surface area contributed by atoms with E-state index in [0.717, 1.165) is 0 Å². The maximum atomic E-state index is 12.9. The first-order valence-corrected chi connectivity index (χ1v) is 4.11. The minimum absolute atomic E-state index is 0.219. The van der Waals surface area contributed by atoms with Gasteiger partial charge in [-0.25, -0.2) is 4.79 Å². The molecule has 0 amide bonds. The highest BCUT2D eigenvalue weighted by Crippen LogP contribution is 2.30. The molecule has 0 bridgehead atoms. The monoisotopic (exact) mass is 230 g/mol. The fraction of sp³-hybridized carbons (Fsp3) is 0.625. The van der Waals surface area contributed by atoms with E-state index in [-0.39, 0.29) is 6.61 Å². The molecule has 15 heavy (non-hydrogen) atoms. The molecule has 0 atom stereocenters. The average molecular weight is 230 g/mol. The summed E-state index contributed by atoms with van der Waals surface area (Å²) in [6.07, 6.45) is -5.05. The molecule has 3 nitrogen and oxygen atoms in total. The molecule has 0 spiro atoms. The van der Waals surface area contributed by atoms with E-state index < -0.39 is 30.3 Å². The second-order valence-electron chi connectivity index (χ2n) is 2.29. The van der Waals surface area contributed by atoms with E-state index in [2.05, 4.69) is 9.47 Å². The van der Waals surface area contributed by atoms with Gasteiger partial charge < -0.3 is 9.47 Å². The van der Waals surface area contributed by atoms with Crippen molar-refractivity contribution < 1.29 is 31.8 Å². The number of carbonyl (C=O) groups excluding carboxylic acids is 1. The summed E-state index contributed by atoms with van der Waals surface area (Å²) in [6, 6.07) is 0. The molecule has 7 heteroatoms. The number of carbonyl (C=O) groups is 1. The standard InChI is InChI=1S/C8H10F4O3/c1-3-14-6(8(10,11)12)5(9)7(13)15-4-2/h3-4H2,1-2H3/b6-5-. The topological polar surface area (TPSA) is 35.5 Å². The number of rotatable bonds is 4. The number of allylic oxidation sites excluding steroid dienone is 1. The van der Waals surface area contributed by atoms with Crippen LogP contribution in [0.25, 0.3) is 0 Å². The Kier molecular flexibility index (Phi) is 5.10. The molecule has 0 fully saturated rings. The third-order valence-electron chi connectivity index (χ3n) is 1.20. The lowest BCUT2D eigenvalue weighted by Gasteiger charge is -2.12. The van der Waals surface area contributed by atoms with Crippen LogP contribution in [0.4, 0.5) is 17.6 Å². The molecular weight excluding hydrogens is 220 g/mol. The smallest absolute Gasteiger partial charge is 0.452 e. The van der Waals surface area contributed by atoms with Gasteiger partial charge in [-0.05, 0) is 13.8 Å². The minimum atomic E-state index is -5.05. The van der Waals surface area contributed by atoms with Crippen LogP contribution in [0.5, 0.6) is 0 Å². The van der Waals surface area contributed by atoms with Gasteiger partial charge in [0.05, 0.1) is 13.2 Å². The van der Waals surface area contributed by atoms with E-state index in [9.17, 15) is 22.4 Å².